The highest BCUT2D eigenvalue weighted by atomic mass is 16.6. The summed E-state index contributed by atoms with van der Waals surface area (Å²) in [5, 5.41) is 7.33. The number of rotatable bonds is 6. The van der Waals surface area contributed by atoms with E-state index < -0.39 is 11.6 Å². The van der Waals surface area contributed by atoms with E-state index in [9.17, 15) is 0 Å². The zero-order valence-corrected chi connectivity index (χ0v) is 34.4. The molecule has 302 valence electrons. The molecule has 1 aliphatic carbocycles. The summed E-state index contributed by atoms with van der Waals surface area (Å²) in [6.45, 7) is 0. The Morgan fingerprint density at radius 1 is 0.453 bits per heavy atom. The first kappa shape index (κ1) is 36.2. The Hall–Kier alpha value is -8.48. The second kappa shape index (κ2) is 14.3. The van der Waals surface area contributed by atoms with Crippen LogP contribution in [0.5, 0.6) is 23.0 Å². The topological polar surface area (TPSA) is 70.4 Å². The average Bonchev–Trinajstić information content (AvgIpc) is 3.89. The fourth-order valence-corrected chi connectivity index (χ4v) is 9.95. The van der Waals surface area contributed by atoms with Crippen LogP contribution in [0.1, 0.15) is 45.1 Å². The van der Waals surface area contributed by atoms with Gasteiger partial charge in [-0.2, -0.15) is 0 Å². The van der Waals surface area contributed by atoms with Crippen LogP contribution in [-0.2, 0) is 5.41 Å². The van der Waals surface area contributed by atoms with E-state index >= 15 is 0 Å². The van der Waals surface area contributed by atoms with E-state index in [1.807, 2.05) is 66.7 Å². The van der Waals surface area contributed by atoms with Gasteiger partial charge in [-0.15, -0.1) is 0 Å². The number of benzene rings is 9. The zero-order chi connectivity index (χ0) is 42.2. The summed E-state index contributed by atoms with van der Waals surface area (Å²) in [7, 11) is 0. The highest BCUT2D eigenvalue weighted by Gasteiger charge is 2.47. The number of hydrogen-bond donors (Lipinski definition) is 0. The standard InChI is InChI=1S/C58H36N3O3/c1-4-16-37(17-5-1)55-59-56(38-32-30-36(31-33-38)41-24-14-25-44-43-23-11-13-28-49(43)63-53(41)44)61-57(60-55)45-26-15-29-50-54(45)64-51-34-46-42-22-10-12-27-47(42)58(39-18-6-2-7-19-39,40-20-8-3-9-21-40)48(46)35-52(51)62-50/h1-35,56H/q-1. The van der Waals surface area contributed by atoms with Crippen LogP contribution in [0.2, 0.25) is 0 Å². The molecule has 1 atom stereocenters. The highest BCUT2D eigenvalue weighted by molar-refractivity contribution is 6.19. The van der Waals surface area contributed by atoms with Gasteiger partial charge < -0.3 is 24.2 Å². The molecule has 3 heterocycles. The van der Waals surface area contributed by atoms with Crippen molar-refractivity contribution in [3.8, 4) is 45.3 Å². The molecule has 13 rings (SSSR count). The summed E-state index contributed by atoms with van der Waals surface area (Å²) in [4.78, 5) is 10.3. The maximum Gasteiger partial charge on any atom is 0.179 e. The maximum atomic E-state index is 6.97. The van der Waals surface area contributed by atoms with Crippen LogP contribution in [0.25, 0.3) is 49.5 Å². The Kier molecular flexibility index (Phi) is 8.09. The third kappa shape index (κ3) is 5.52. The molecule has 0 N–H and O–H groups in total. The molecule has 6 heteroatoms. The highest BCUT2D eigenvalue weighted by Crippen LogP contribution is 2.60. The summed E-state index contributed by atoms with van der Waals surface area (Å²) in [5.41, 5.74) is 12.8. The van der Waals surface area contributed by atoms with E-state index in [-0.39, 0.29) is 0 Å². The molecular formula is C58H36N3O3-. The van der Waals surface area contributed by atoms with Crippen molar-refractivity contribution < 1.29 is 13.9 Å². The molecule has 0 spiro atoms. The quantitative estimate of drug-likeness (QED) is 0.168. The fourth-order valence-electron chi connectivity index (χ4n) is 9.95. The normalized spacial score (nSPS) is 15.4. The molecule has 10 aromatic rings. The van der Waals surface area contributed by atoms with Gasteiger partial charge in [0.05, 0.1) is 17.4 Å². The molecule has 2 aliphatic heterocycles. The van der Waals surface area contributed by atoms with Crippen molar-refractivity contribution in [2.45, 2.75) is 11.6 Å². The lowest BCUT2D eigenvalue weighted by atomic mass is 9.67. The molecule has 0 amide bonds. The predicted molar refractivity (Wildman–Crippen MR) is 255 cm³/mol. The maximum absolute atomic E-state index is 6.97. The smallest absolute Gasteiger partial charge is 0.179 e. The van der Waals surface area contributed by atoms with Gasteiger partial charge in [0.15, 0.2) is 23.0 Å². The molecular weight excluding hydrogens is 787 g/mol. The Labute approximate surface area is 369 Å². The van der Waals surface area contributed by atoms with Crippen molar-refractivity contribution in [3.63, 3.8) is 0 Å². The fraction of sp³-hybridized carbons (Fsp3) is 0.0345. The van der Waals surface area contributed by atoms with Gasteiger partial charge in [-0.1, -0.05) is 188 Å². The number of furan rings is 1. The SMILES string of the molecule is c1ccc(C2=NC(c3cccc4c3Oc3cc5c(cc3O4)C(c3ccccc3)(c3ccccc3)c3ccccc3-5)=NC(c3ccc(-c4cccc5c4oc4ccccc45)cc3)[N-]2)cc1. The van der Waals surface area contributed by atoms with Crippen LogP contribution in [0, 0.1) is 0 Å². The third-order valence-electron chi connectivity index (χ3n) is 12.8. The predicted octanol–water partition coefficient (Wildman–Crippen LogP) is 14.8. The second-order valence-corrected chi connectivity index (χ2v) is 16.4. The number of fused-ring (bicyclic) bond motifs is 8. The van der Waals surface area contributed by atoms with Gasteiger partial charge in [-0.25, -0.2) is 0 Å². The van der Waals surface area contributed by atoms with Gasteiger partial charge in [-0.05, 0) is 80.4 Å². The molecule has 9 aromatic carbocycles. The van der Waals surface area contributed by atoms with Crippen LogP contribution in [0.15, 0.2) is 227 Å². The number of aliphatic imine (C=N–C) groups is 2. The van der Waals surface area contributed by atoms with Crippen molar-refractivity contribution in [1.29, 1.82) is 0 Å². The van der Waals surface area contributed by atoms with Crippen LogP contribution in [-0.4, -0.2) is 11.7 Å². The number of para-hydroxylation sites is 3. The molecule has 0 saturated carbocycles. The number of nitrogens with zero attached hydrogens (tertiary/aromatic N) is 3. The average molecular weight is 823 g/mol. The van der Waals surface area contributed by atoms with E-state index in [2.05, 4.69) is 146 Å². The largest absolute Gasteiger partial charge is 0.455 e. The minimum absolute atomic E-state index is 0.512. The Bertz CT molecular complexity index is 3480. The summed E-state index contributed by atoms with van der Waals surface area (Å²) in [6, 6.07) is 73.4. The first-order valence-corrected chi connectivity index (χ1v) is 21.5. The van der Waals surface area contributed by atoms with Gasteiger partial charge >= 0.3 is 0 Å². The minimum atomic E-state index is -0.564. The van der Waals surface area contributed by atoms with Crippen molar-refractivity contribution in [3.05, 3.63) is 257 Å². The van der Waals surface area contributed by atoms with Crippen LogP contribution in [0.3, 0.4) is 0 Å². The molecule has 3 aliphatic rings. The van der Waals surface area contributed by atoms with E-state index in [0.717, 1.165) is 60.9 Å². The molecule has 0 saturated heterocycles. The van der Waals surface area contributed by atoms with Crippen molar-refractivity contribution in [2.75, 3.05) is 0 Å². The summed E-state index contributed by atoms with van der Waals surface area (Å²) >= 11 is 0. The molecule has 6 nitrogen and oxygen atoms in total. The summed E-state index contributed by atoms with van der Waals surface area (Å²) < 4.78 is 20.2. The van der Waals surface area contributed by atoms with E-state index in [1.54, 1.807) is 0 Å². The second-order valence-electron chi connectivity index (χ2n) is 16.4. The van der Waals surface area contributed by atoms with Gasteiger partial charge in [0.2, 0.25) is 0 Å². The van der Waals surface area contributed by atoms with Gasteiger partial charge in [0.25, 0.3) is 0 Å². The first-order chi connectivity index (χ1) is 31.7. The number of hydrogen-bond acceptors (Lipinski definition) is 5. The molecule has 1 unspecified atom stereocenters. The number of amidine groups is 2. The lowest BCUT2D eigenvalue weighted by Crippen LogP contribution is -2.28. The lowest BCUT2D eigenvalue weighted by molar-refractivity contribution is 0.358. The van der Waals surface area contributed by atoms with Gasteiger partial charge in [0.1, 0.15) is 11.2 Å². The van der Waals surface area contributed by atoms with Crippen LogP contribution in [0.4, 0.5) is 0 Å². The summed E-state index contributed by atoms with van der Waals surface area (Å²) in [6.07, 6.45) is -0.560. The third-order valence-corrected chi connectivity index (χ3v) is 12.8. The molecule has 64 heavy (non-hydrogen) atoms. The minimum Gasteiger partial charge on any atom is -0.455 e. The monoisotopic (exact) mass is 822 g/mol. The van der Waals surface area contributed by atoms with E-state index in [0.29, 0.717) is 40.2 Å². The van der Waals surface area contributed by atoms with Crippen LogP contribution < -0.4 is 9.47 Å². The first-order valence-electron chi connectivity index (χ1n) is 21.5. The van der Waals surface area contributed by atoms with Crippen molar-refractivity contribution in [1.82, 2.24) is 0 Å². The van der Waals surface area contributed by atoms with Gasteiger partial charge in [-0.3, -0.25) is 4.99 Å². The Morgan fingerprint density at radius 2 is 1.09 bits per heavy atom. The number of ether oxygens (including phenoxy) is 2. The Morgan fingerprint density at radius 3 is 1.89 bits per heavy atom. The molecule has 0 fully saturated rings. The Balaban J connectivity index is 0.905. The molecule has 1 aromatic heterocycles. The zero-order valence-electron chi connectivity index (χ0n) is 34.4. The molecule has 0 radical (unpaired) electrons. The lowest BCUT2D eigenvalue weighted by Gasteiger charge is -2.35. The van der Waals surface area contributed by atoms with Crippen molar-refractivity contribution >= 4 is 33.6 Å². The van der Waals surface area contributed by atoms with Gasteiger partial charge in [0, 0.05) is 21.9 Å². The van der Waals surface area contributed by atoms with Crippen molar-refractivity contribution in [2.24, 2.45) is 9.98 Å². The summed E-state index contributed by atoms with van der Waals surface area (Å²) in [5.74, 6) is 3.53. The van der Waals surface area contributed by atoms with E-state index in [4.69, 9.17) is 29.2 Å². The van der Waals surface area contributed by atoms with Crippen LogP contribution >= 0.6 is 0 Å². The van der Waals surface area contributed by atoms with E-state index in [1.165, 1.54) is 16.7 Å². The molecule has 0 bridgehead atoms.